The van der Waals surface area contributed by atoms with Crippen LogP contribution in [0.4, 0.5) is 5.69 Å². The number of ether oxygens (including phenoxy) is 1. The molecule has 2 aromatic carbocycles. The molecule has 1 saturated carbocycles. The molecule has 174 valence electrons. The number of nitrogens with one attached hydrogen (secondary N) is 1. The molecule has 1 saturated heterocycles. The first-order chi connectivity index (χ1) is 16.1. The summed E-state index contributed by atoms with van der Waals surface area (Å²) >= 11 is 6.10. The molecular formula is C26H31ClN4O2. The van der Waals surface area contributed by atoms with E-state index in [1.54, 1.807) is 18.2 Å². The van der Waals surface area contributed by atoms with E-state index in [4.69, 9.17) is 21.6 Å². The molecule has 0 bridgehead atoms. The number of carbonyl (C=O) groups is 1. The molecule has 1 aliphatic heterocycles. The average Bonchev–Trinajstić information content (AvgIpc) is 2.85. The fourth-order valence-corrected chi connectivity index (χ4v) is 4.80. The Balaban J connectivity index is 1.24. The lowest BCUT2D eigenvalue weighted by molar-refractivity contribution is 0.0894. The molecule has 2 aromatic rings. The van der Waals surface area contributed by atoms with Crippen LogP contribution in [0.15, 0.2) is 42.5 Å². The second-order valence-corrected chi connectivity index (χ2v) is 9.19. The van der Waals surface area contributed by atoms with Crippen molar-refractivity contribution in [2.75, 3.05) is 37.6 Å². The van der Waals surface area contributed by atoms with Crippen LogP contribution in [0.2, 0.25) is 5.02 Å². The third-order valence-electron chi connectivity index (χ3n) is 6.69. The predicted molar refractivity (Wildman–Crippen MR) is 131 cm³/mol. The Morgan fingerprint density at radius 1 is 1.09 bits per heavy atom. The molecule has 0 aromatic heterocycles. The molecule has 1 aliphatic carbocycles. The van der Waals surface area contributed by atoms with Gasteiger partial charge in [0.2, 0.25) is 0 Å². The van der Waals surface area contributed by atoms with Crippen LogP contribution >= 0.6 is 11.6 Å². The Bertz CT molecular complexity index is 988. The van der Waals surface area contributed by atoms with Crippen LogP contribution in [0, 0.1) is 11.3 Å². The number of rotatable bonds is 6. The normalized spacial score (nSPS) is 21.3. The molecule has 2 aliphatic rings. The number of hydrogen-bond acceptors (Lipinski definition) is 5. The van der Waals surface area contributed by atoms with E-state index in [9.17, 15) is 4.79 Å². The highest BCUT2D eigenvalue weighted by atomic mass is 35.5. The van der Waals surface area contributed by atoms with Crippen LogP contribution in [0.1, 0.15) is 48.5 Å². The number of nitrogens with zero attached hydrogens (tertiary/aromatic N) is 3. The Morgan fingerprint density at radius 2 is 1.79 bits per heavy atom. The number of piperazine rings is 1. The van der Waals surface area contributed by atoms with Crippen molar-refractivity contribution in [3.63, 3.8) is 0 Å². The lowest BCUT2D eigenvalue weighted by Gasteiger charge is -2.35. The van der Waals surface area contributed by atoms with Crippen molar-refractivity contribution in [1.29, 1.82) is 5.26 Å². The van der Waals surface area contributed by atoms with Gasteiger partial charge in [0, 0.05) is 49.5 Å². The van der Waals surface area contributed by atoms with Gasteiger partial charge in [0.25, 0.3) is 5.91 Å². The van der Waals surface area contributed by atoms with Gasteiger partial charge >= 0.3 is 0 Å². The first-order valence-corrected chi connectivity index (χ1v) is 12.2. The van der Waals surface area contributed by atoms with Gasteiger partial charge in [-0.15, -0.1) is 0 Å². The van der Waals surface area contributed by atoms with E-state index in [-0.39, 0.29) is 18.1 Å². The monoisotopic (exact) mass is 466 g/mol. The number of anilines is 1. The van der Waals surface area contributed by atoms with Crippen molar-refractivity contribution in [2.24, 2.45) is 0 Å². The number of halogens is 1. The Hall–Kier alpha value is -2.75. The maximum atomic E-state index is 12.7. The number of likely N-dealkylation sites (N-methyl/N-ethyl adjacent to an activating group) is 1. The minimum Gasteiger partial charge on any atom is -0.490 e. The third-order valence-corrected chi connectivity index (χ3v) is 7.00. The molecule has 0 atom stereocenters. The molecule has 33 heavy (non-hydrogen) atoms. The summed E-state index contributed by atoms with van der Waals surface area (Å²) in [6.45, 7) is 7.53. The lowest BCUT2D eigenvalue weighted by atomic mass is 9.92. The van der Waals surface area contributed by atoms with Crippen LogP contribution in [0.3, 0.4) is 0 Å². The number of hydrogen-bond donors (Lipinski definition) is 1. The molecule has 2 fully saturated rings. The van der Waals surface area contributed by atoms with Crippen molar-refractivity contribution < 1.29 is 9.53 Å². The summed E-state index contributed by atoms with van der Waals surface area (Å²) in [5.41, 5.74) is 2.34. The molecule has 6 nitrogen and oxygen atoms in total. The number of amides is 1. The van der Waals surface area contributed by atoms with E-state index >= 15 is 0 Å². The molecule has 0 unspecified atom stereocenters. The third kappa shape index (κ3) is 5.98. The fraction of sp³-hybridized carbons (Fsp3) is 0.462. The Labute approximate surface area is 201 Å². The first kappa shape index (κ1) is 23.4. The SMILES string of the molecule is CCN1CCN(c2ccc(C(=O)NC3CCC(Oc4ccc(C#N)c(Cl)c4)CC3)cc2)CC1. The zero-order valence-electron chi connectivity index (χ0n) is 19.1. The first-order valence-electron chi connectivity index (χ1n) is 11.8. The second-order valence-electron chi connectivity index (χ2n) is 8.79. The highest BCUT2D eigenvalue weighted by molar-refractivity contribution is 6.31. The van der Waals surface area contributed by atoms with Gasteiger partial charge in [0.1, 0.15) is 11.8 Å². The van der Waals surface area contributed by atoms with E-state index in [0.29, 0.717) is 21.9 Å². The summed E-state index contributed by atoms with van der Waals surface area (Å²) in [6.07, 6.45) is 3.58. The van der Waals surface area contributed by atoms with E-state index in [1.807, 2.05) is 12.1 Å². The van der Waals surface area contributed by atoms with E-state index in [2.05, 4.69) is 40.2 Å². The molecular weight excluding hydrogens is 436 g/mol. The minimum atomic E-state index is -0.0133. The molecule has 4 rings (SSSR count). The van der Waals surface area contributed by atoms with Gasteiger partial charge in [-0.05, 0) is 68.6 Å². The van der Waals surface area contributed by atoms with Crippen molar-refractivity contribution in [1.82, 2.24) is 10.2 Å². The summed E-state index contributed by atoms with van der Waals surface area (Å²) < 4.78 is 6.04. The van der Waals surface area contributed by atoms with Gasteiger partial charge in [-0.1, -0.05) is 18.5 Å². The smallest absolute Gasteiger partial charge is 0.251 e. The van der Waals surface area contributed by atoms with Gasteiger partial charge in [-0.25, -0.2) is 0 Å². The van der Waals surface area contributed by atoms with Crippen molar-refractivity contribution in [2.45, 2.75) is 44.8 Å². The van der Waals surface area contributed by atoms with Gasteiger partial charge < -0.3 is 19.9 Å². The predicted octanol–water partition coefficient (Wildman–Crippen LogP) is 4.47. The quantitative estimate of drug-likeness (QED) is 0.680. The van der Waals surface area contributed by atoms with Gasteiger partial charge in [0.15, 0.2) is 0 Å². The number of carbonyl (C=O) groups excluding carboxylic acids is 1. The van der Waals surface area contributed by atoms with Gasteiger partial charge in [-0.3, -0.25) is 4.79 Å². The van der Waals surface area contributed by atoms with Crippen LogP contribution in [0.25, 0.3) is 0 Å². The standard InChI is InChI=1S/C26H31ClN4O2/c1-2-30-13-15-31(16-14-30)22-8-3-19(4-9-22)26(32)29-21-6-11-23(12-7-21)33-24-10-5-20(18-28)25(27)17-24/h3-5,8-10,17,21,23H,2,6-7,11-16H2,1H3,(H,29,32). The number of benzene rings is 2. The molecule has 0 spiro atoms. The molecule has 1 heterocycles. The Morgan fingerprint density at radius 3 is 2.39 bits per heavy atom. The van der Waals surface area contributed by atoms with Crippen molar-refractivity contribution in [3.05, 3.63) is 58.6 Å². The average molecular weight is 467 g/mol. The number of nitriles is 1. The summed E-state index contributed by atoms with van der Waals surface area (Å²) in [7, 11) is 0. The van der Waals surface area contributed by atoms with Gasteiger partial charge in [0.05, 0.1) is 16.7 Å². The van der Waals surface area contributed by atoms with Crippen LogP contribution in [0.5, 0.6) is 5.75 Å². The second kappa shape index (κ2) is 10.9. The van der Waals surface area contributed by atoms with E-state index in [0.717, 1.165) is 58.4 Å². The zero-order valence-corrected chi connectivity index (χ0v) is 19.9. The summed E-state index contributed by atoms with van der Waals surface area (Å²) in [6, 6.07) is 15.4. The van der Waals surface area contributed by atoms with E-state index in [1.165, 1.54) is 5.69 Å². The highest BCUT2D eigenvalue weighted by Crippen LogP contribution is 2.27. The molecule has 0 radical (unpaired) electrons. The Kier molecular flexibility index (Phi) is 7.74. The maximum absolute atomic E-state index is 12.7. The summed E-state index contributed by atoms with van der Waals surface area (Å²) in [4.78, 5) is 17.6. The largest absolute Gasteiger partial charge is 0.490 e. The molecule has 1 N–H and O–H groups in total. The van der Waals surface area contributed by atoms with Crippen LogP contribution in [-0.4, -0.2) is 55.7 Å². The van der Waals surface area contributed by atoms with Crippen LogP contribution in [-0.2, 0) is 0 Å². The lowest BCUT2D eigenvalue weighted by Crippen LogP contribution is -2.46. The highest BCUT2D eigenvalue weighted by Gasteiger charge is 2.24. The van der Waals surface area contributed by atoms with Crippen molar-refractivity contribution >= 4 is 23.2 Å². The summed E-state index contributed by atoms with van der Waals surface area (Å²) in [5.74, 6) is 0.670. The molecule has 7 heteroatoms. The summed E-state index contributed by atoms with van der Waals surface area (Å²) in [5, 5.41) is 12.6. The van der Waals surface area contributed by atoms with Gasteiger partial charge in [-0.2, -0.15) is 5.26 Å². The van der Waals surface area contributed by atoms with Crippen LogP contribution < -0.4 is 15.0 Å². The van der Waals surface area contributed by atoms with Crippen molar-refractivity contribution in [3.8, 4) is 11.8 Å². The zero-order chi connectivity index (χ0) is 23.2. The maximum Gasteiger partial charge on any atom is 0.251 e. The van der Waals surface area contributed by atoms with E-state index < -0.39 is 0 Å². The minimum absolute atomic E-state index is 0.0133. The topological polar surface area (TPSA) is 68.6 Å². The fourth-order valence-electron chi connectivity index (χ4n) is 4.59. The molecule has 1 amide bonds.